The van der Waals surface area contributed by atoms with Gasteiger partial charge in [-0.2, -0.15) is 9.57 Å². The highest BCUT2D eigenvalue weighted by Gasteiger charge is 2.31. The molecular formula is C13H17N3O2S. The molecule has 1 heterocycles. The lowest BCUT2D eigenvalue weighted by molar-refractivity contribution is 0.451. The Morgan fingerprint density at radius 3 is 2.68 bits per heavy atom. The normalized spacial score (nSPS) is 20.3. The van der Waals surface area contributed by atoms with E-state index in [2.05, 4.69) is 5.32 Å². The van der Waals surface area contributed by atoms with Crippen LogP contribution in [0.15, 0.2) is 29.2 Å². The quantitative estimate of drug-likeness (QED) is 0.884. The second-order valence-corrected chi connectivity index (χ2v) is 6.65. The molecule has 2 rings (SSSR count). The SMILES string of the molecule is CNC[C@H]1CCN(S(=O)(=O)c2ccc(C#N)cc2)C1. The molecule has 5 nitrogen and oxygen atoms in total. The molecule has 0 aliphatic carbocycles. The van der Waals surface area contributed by atoms with E-state index in [1.54, 1.807) is 0 Å². The van der Waals surface area contributed by atoms with Crippen LogP contribution < -0.4 is 5.32 Å². The molecule has 6 heteroatoms. The molecule has 0 spiro atoms. The summed E-state index contributed by atoms with van der Waals surface area (Å²) in [6.45, 7) is 1.96. The van der Waals surface area contributed by atoms with Crippen LogP contribution in [0, 0.1) is 17.2 Å². The monoisotopic (exact) mass is 279 g/mol. The van der Waals surface area contributed by atoms with Gasteiger partial charge in [-0.05, 0) is 50.2 Å². The molecule has 0 saturated carbocycles. The van der Waals surface area contributed by atoms with E-state index in [1.165, 1.54) is 28.6 Å². The zero-order valence-electron chi connectivity index (χ0n) is 10.8. The summed E-state index contributed by atoms with van der Waals surface area (Å²) in [5.74, 6) is 0.373. The van der Waals surface area contributed by atoms with Gasteiger partial charge < -0.3 is 5.32 Å². The van der Waals surface area contributed by atoms with Crippen LogP contribution in [0.1, 0.15) is 12.0 Å². The van der Waals surface area contributed by atoms with Crippen molar-refractivity contribution in [1.82, 2.24) is 9.62 Å². The van der Waals surface area contributed by atoms with E-state index in [1.807, 2.05) is 13.1 Å². The lowest BCUT2D eigenvalue weighted by Gasteiger charge is -2.16. The number of hydrogen-bond acceptors (Lipinski definition) is 4. The highest BCUT2D eigenvalue weighted by molar-refractivity contribution is 7.89. The van der Waals surface area contributed by atoms with E-state index < -0.39 is 10.0 Å². The summed E-state index contributed by atoms with van der Waals surface area (Å²) in [4.78, 5) is 0.261. The van der Waals surface area contributed by atoms with E-state index in [4.69, 9.17) is 5.26 Å². The Morgan fingerprint density at radius 1 is 1.42 bits per heavy atom. The topological polar surface area (TPSA) is 73.2 Å². The third-order valence-corrected chi connectivity index (χ3v) is 5.24. The van der Waals surface area contributed by atoms with Crippen molar-refractivity contribution < 1.29 is 8.42 Å². The molecule has 1 atom stereocenters. The Hall–Kier alpha value is -1.42. The number of rotatable bonds is 4. The zero-order chi connectivity index (χ0) is 13.9. The summed E-state index contributed by atoms with van der Waals surface area (Å²) in [5, 5.41) is 11.8. The van der Waals surface area contributed by atoms with Gasteiger partial charge in [0.1, 0.15) is 0 Å². The molecule has 0 radical (unpaired) electrons. The molecule has 0 unspecified atom stereocenters. The van der Waals surface area contributed by atoms with Crippen LogP contribution in [0.25, 0.3) is 0 Å². The molecule has 1 N–H and O–H groups in total. The second-order valence-electron chi connectivity index (χ2n) is 4.71. The first-order valence-electron chi connectivity index (χ1n) is 6.23. The molecule has 102 valence electrons. The van der Waals surface area contributed by atoms with E-state index in [0.717, 1.165) is 13.0 Å². The van der Waals surface area contributed by atoms with Gasteiger partial charge in [-0.25, -0.2) is 8.42 Å². The second kappa shape index (κ2) is 5.70. The number of benzene rings is 1. The third-order valence-electron chi connectivity index (χ3n) is 3.36. The van der Waals surface area contributed by atoms with E-state index in [-0.39, 0.29) is 4.90 Å². The summed E-state index contributed by atoms with van der Waals surface area (Å²) in [5.41, 5.74) is 0.466. The molecule has 0 amide bonds. The molecule has 1 aliphatic rings. The van der Waals surface area contributed by atoms with Gasteiger partial charge in [-0.3, -0.25) is 0 Å². The molecule has 0 bridgehead atoms. The first-order chi connectivity index (χ1) is 9.07. The maximum absolute atomic E-state index is 12.4. The molecule has 0 aromatic heterocycles. The molecular weight excluding hydrogens is 262 g/mol. The third kappa shape index (κ3) is 2.95. The fourth-order valence-electron chi connectivity index (χ4n) is 2.32. The molecule has 1 aromatic rings. The van der Waals surface area contributed by atoms with Crippen LogP contribution in [0.3, 0.4) is 0 Å². The van der Waals surface area contributed by atoms with Crippen molar-refractivity contribution in [2.45, 2.75) is 11.3 Å². The van der Waals surface area contributed by atoms with Gasteiger partial charge in [0.05, 0.1) is 16.5 Å². The summed E-state index contributed by atoms with van der Waals surface area (Å²) in [7, 11) is -1.55. The average molecular weight is 279 g/mol. The van der Waals surface area contributed by atoms with Crippen LogP contribution in [0.5, 0.6) is 0 Å². The smallest absolute Gasteiger partial charge is 0.243 e. The van der Waals surface area contributed by atoms with Crippen LogP contribution >= 0.6 is 0 Å². The average Bonchev–Trinajstić information content (AvgIpc) is 2.89. The predicted molar refractivity (Wildman–Crippen MR) is 71.9 cm³/mol. The van der Waals surface area contributed by atoms with Crippen molar-refractivity contribution >= 4 is 10.0 Å². The minimum Gasteiger partial charge on any atom is -0.319 e. The summed E-state index contributed by atoms with van der Waals surface area (Å²) < 4.78 is 26.3. The number of nitrogens with one attached hydrogen (secondary N) is 1. The van der Waals surface area contributed by atoms with Gasteiger partial charge in [0.2, 0.25) is 10.0 Å². The van der Waals surface area contributed by atoms with Crippen LogP contribution in [-0.4, -0.2) is 39.4 Å². The Bertz CT molecular complexity index is 575. The fourth-order valence-corrected chi connectivity index (χ4v) is 3.85. The minimum atomic E-state index is -3.42. The first-order valence-corrected chi connectivity index (χ1v) is 7.67. The Labute approximate surface area is 113 Å². The first kappa shape index (κ1) is 14.0. The van der Waals surface area contributed by atoms with Crippen LogP contribution in [0.2, 0.25) is 0 Å². The minimum absolute atomic E-state index is 0.261. The van der Waals surface area contributed by atoms with Gasteiger partial charge in [-0.15, -0.1) is 0 Å². The zero-order valence-corrected chi connectivity index (χ0v) is 11.7. The van der Waals surface area contributed by atoms with Gasteiger partial charge in [0.15, 0.2) is 0 Å². The van der Waals surface area contributed by atoms with Crippen molar-refractivity contribution in [2.75, 3.05) is 26.7 Å². The van der Waals surface area contributed by atoms with Crippen molar-refractivity contribution in [1.29, 1.82) is 5.26 Å². The maximum atomic E-state index is 12.4. The maximum Gasteiger partial charge on any atom is 0.243 e. The lowest BCUT2D eigenvalue weighted by atomic mass is 10.1. The van der Waals surface area contributed by atoms with Crippen molar-refractivity contribution in [3.8, 4) is 6.07 Å². The highest BCUT2D eigenvalue weighted by atomic mass is 32.2. The van der Waals surface area contributed by atoms with Crippen LogP contribution in [0.4, 0.5) is 0 Å². The van der Waals surface area contributed by atoms with Crippen LogP contribution in [-0.2, 0) is 10.0 Å². The standard InChI is InChI=1S/C13H17N3O2S/c1-15-9-12-6-7-16(10-12)19(17,18)13-4-2-11(8-14)3-5-13/h2-5,12,15H,6-7,9-10H2,1H3/t12-/m1/s1. The van der Waals surface area contributed by atoms with Gasteiger partial charge in [-0.1, -0.05) is 0 Å². The van der Waals surface area contributed by atoms with Crippen molar-refractivity contribution in [3.05, 3.63) is 29.8 Å². The largest absolute Gasteiger partial charge is 0.319 e. The van der Waals surface area contributed by atoms with Gasteiger partial charge >= 0.3 is 0 Å². The number of hydrogen-bond donors (Lipinski definition) is 1. The molecule has 1 saturated heterocycles. The summed E-state index contributed by atoms with van der Waals surface area (Å²) in [6.07, 6.45) is 0.885. The highest BCUT2D eigenvalue weighted by Crippen LogP contribution is 2.24. The summed E-state index contributed by atoms with van der Waals surface area (Å²) >= 11 is 0. The van der Waals surface area contributed by atoms with E-state index in [9.17, 15) is 8.42 Å². The molecule has 1 aliphatic heterocycles. The van der Waals surface area contributed by atoms with E-state index in [0.29, 0.717) is 24.6 Å². The fraction of sp³-hybridized carbons (Fsp3) is 0.462. The Morgan fingerprint density at radius 2 is 2.11 bits per heavy atom. The Balaban J connectivity index is 2.16. The number of nitriles is 1. The van der Waals surface area contributed by atoms with Crippen molar-refractivity contribution in [3.63, 3.8) is 0 Å². The number of nitrogens with zero attached hydrogens (tertiary/aromatic N) is 2. The van der Waals surface area contributed by atoms with E-state index >= 15 is 0 Å². The lowest BCUT2D eigenvalue weighted by Crippen LogP contribution is -2.30. The van der Waals surface area contributed by atoms with Gasteiger partial charge in [0, 0.05) is 13.1 Å². The summed E-state index contributed by atoms with van der Waals surface area (Å²) in [6, 6.07) is 8.05. The number of sulfonamides is 1. The van der Waals surface area contributed by atoms with Crippen molar-refractivity contribution in [2.24, 2.45) is 5.92 Å². The molecule has 1 aromatic carbocycles. The Kier molecular flexibility index (Phi) is 4.20. The van der Waals surface area contributed by atoms with Gasteiger partial charge in [0.25, 0.3) is 0 Å². The molecule has 1 fully saturated rings. The molecule has 19 heavy (non-hydrogen) atoms. The predicted octanol–water partition coefficient (Wildman–Crippen LogP) is 0.788.